The highest BCUT2D eigenvalue weighted by atomic mass is 35.5. The highest BCUT2D eigenvalue weighted by molar-refractivity contribution is 8.01. The summed E-state index contributed by atoms with van der Waals surface area (Å²) in [6.07, 6.45) is 0. The first-order chi connectivity index (χ1) is 13.6. The van der Waals surface area contributed by atoms with Crippen molar-refractivity contribution in [2.45, 2.75) is 43.0 Å². The van der Waals surface area contributed by atoms with Gasteiger partial charge in [-0.15, -0.1) is 11.8 Å². The van der Waals surface area contributed by atoms with Crippen molar-refractivity contribution in [3.63, 3.8) is 0 Å². The molecule has 8 nitrogen and oxygen atoms in total. The highest BCUT2D eigenvalue weighted by Crippen LogP contribution is 2.50. The molecule has 2 fully saturated rings. The summed E-state index contributed by atoms with van der Waals surface area (Å²) in [6.45, 7) is 5.16. The van der Waals surface area contributed by atoms with Gasteiger partial charge in [0.2, 0.25) is 5.91 Å². The Morgan fingerprint density at radius 2 is 2.03 bits per heavy atom. The number of nitrogens with zero attached hydrogens (tertiary/aromatic N) is 2. The maximum absolute atomic E-state index is 13.0. The quantitative estimate of drug-likeness (QED) is 0.709. The lowest BCUT2D eigenvalue weighted by Crippen LogP contribution is -2.70. The maximum Gasteiger partial charge on any atom is 0.327 e. The van der Waals surface area contributed by atoms with Gasteiger partial charge in [-0.1, -0.05) is 35.0 Å². The van der Waals surface area contributed by atoms with E-state index in [9.17, 15) is 19.5 Å². The number of nitrogens with one attached hydrogen (secondary N) is 1. The van der Waals surface area contributed by atoms with E-state index in [1.165, 1.54) is 16.7 Å². The van der Waals surface area contributed by atoms with Crippen LogP contribution in [-0.4, -0.2) is 55.2 Å². The summed E-state index contributed by atoms with van der Waals surface area (Å²) in [5.41, 5.74) is 1.03. The van der Waals surface area contributed by atoms with E-state index in [0.717, 1.165) is 0 Å². The summed E-state index contributed by atoms with van der Waals surface area (Å²) in [4.78, 5) is 38.6. The first-order valence-corrected chi connectivity index (χ1v) is 10.1. The Morgan fingerprint density at radius 1 is 1.34 bits per heavy atom. The summed E-state index contributed by atoms with van der Waals surface area (Å²) in [6, 6.07) is 5.18. The molecule has 29 heavy (non-hydrogen) atoms. The van der Waals surface area contributed by atoms with Gasteiger partial charge in [0.05, 0.1) is 5.02 Å². The lowest BCUT2D eigenvalue weighted by molar-refractivity contribution is -0.159. The molecule has 0 saturated carbocycles. The molecule has 10 heteroatoms. The molecule has 2 aliphatic heterocycles. The number of aryl methyl sites for hydroxylation is 1. The Balaban J connectivity index is 1.60. The number of hydrogen-bond donors (Lipinski definition) is 2. The molecule has 0 spiro atoms. The van der Waals surface area contributed by atoms with Gasteiger partial charge in [-0.05, 0) is 26.8 Å². The smallest absolute Gasteiger partial charge is 0.327 e. The minimum Gasteiger partial charge on any atom is -0.480 e. The van der Waals surface area contributed by atoms with Crippen molar-refractivity contribution in [1.82, 2.24) is 15.4 Å². The summed E-state index contributed by atoms with van der Waals surface area (Å²) in [5, 5.41) is 16.2. The van der Waals surface area contributed by atoms with E-state index in [0.29, 0.717) is 16.3 Å². The van der Waals surface area contributed by atoms with Crippen LogP contribution in [0.15, 0.2) is 28.8 Å². The third-order valence-electron chi connectivity index (χ3n) is 5.18. The number of hydrogen-bond acceptors (Lipinski definition) is 6. The lowest BCUT2D eigenvalue weighted by Gasteiger charge is -2.43. The van der Waals surface area contributed by atoms with Crippen LogP contribution in [0.4, 0.5) is 0 Å². The van der Waals surface area contributed by atoms with Crippen molar-refractivity contribution in [3.05, 3.63) is 40.6 Å². The maximum atomic E-state index is 13.0. The number of carbonyl (C=O) groups is 3. The first-order valence-electron chi connectivity index (χ1n) is 8.88. The fourth-order valence-corrected chi connectivity index (χ4v) is 5.69. The minimum absolute atomic E-state index is 0.196. The van der Waals surface area contributed by atoms with E-state index in [-0.39, 0.29) is 11.3 Å². The van der Waals surface area contributed by atoms with Gasteiger partial charge in [-0.25, -0.2) is 4.79 Å². The summed E-state index contributed by atoms with van der Waals surface area (Å²) < 4.78 is 4.54. The van der Waals surface area contributed by atoms with Crippen molar-refractivity contribution < 1.29 is 24.0 Å². The number of fused-ring (bicyclic) bond motifs is 1. The van der Waals surface area contributed by atoms with Crippen LogP contribution in [-0.2, 0) is 9.59 Å². The van der Waals surface area contributed by atoms with Crippen LogP contribution in [0.3, 0.4) is 0 Å². The van der Waals surface area contributed by atoms with E-state index in [2.05, 4.69) is 10.5 Å². The van der Waals surface area contributed by atoms with Crippen LogP contribution in [0.25, 0.3) is 11.3 Å². The number of halogens is 1. The normalized spacial score (nSPS) is 24.8. The van der Waals surface area contributed by atoms with E-state index in [1.54, 1.807) is 45.0 Å². The molecule has 4 rings (SSSR count). The van der Waals surface area contributed by atoms with Crippen LogP contribution in [0.2, 0.25) is 5.02 Å². The summed E-state index contributed by atoms with van der Waals surface area (Å²) in [5.74, 6) is -1.70. The van der Waals surface area contributed by atoms with Gasteiger partial charge in [0.15, 0.2) is 0 Å². The molecule has 2 aromatic rings. The van der Waals surface area contributed by atoms with Crippen molar-refractivity contribution in [2.75, 3.05) is 0 Å². The third-order valence-corrected chi connectivity index (χ3v) is 7.08. The molecule has 2 unspecified atom stereocenters. The number of carboxylic acids is 1. The molecule has 2 saturated heterocycles. The zero-order chi connectivity index (χ0) is 21.1. The second-order valence-electron chi connectivity index (χ2n) is 7.49. The second-order valence-corrected chi connectivity index (χ2v) is 9.67. The van der Waals surface area contributed by atoms with E-state index >= 15 is 0 Å². The Morgan fingerprint density at radius 3 is 2.69 bits per heavy atom. The molecule has 2 amide bonds. The van der Waals surface area contributed by atoms with Crippen molar-refractivity contribution in [2.24, 2.45) is 0 Å². The van der Waals surface area contributed by atoms with Gasteiger partial charge < -0.3 is 19.8 Å². The second kappa shape index (κ2) is 6.77. The number of β-lactam (4-membered cyclic amide) rings is 1. The van der Waals surface area contributed by atoms with Crippen LogP contribution in [0.1, 0.15) is 30.0 Å². The van der Waals surface area contributed by atoms with Crippen molar-refractivity contribution >= 4 is 41.1 Å². The number of aromatic nitrogens is 1. The largest absolute Gasteiger partial charge is 0.480 e. The standard InChI is InChI=1S/C19H18ClN3O5S/c1-8-11(12(22-28-8)9-6-4-5-7-10(9)20)15(24)21-13-16(25)23-14(18(26)27)19(2,3)29-17(13)23/h4-7,13-14,17H,1-3H3,(H,21,24)(H,26,27)/t13?,14-,17?/m0/s1. The van der Waals surface area contributed by atoms with Gasteiger partial charge in [0.1, 0.15) is 34.5 Å². The predicted molar refractivity (Wildman–Crippen MR) is 107 cm³/mol. The highest BCUT2D eigenvalue weighted by Gasteiger charge is 2.64. The van der Waals surface area contributed by atoms with Crippen molar-refractivity contribution in [1.29, 1.82) is 0 Å². The molecule has 2 N–H and O–H groups in total. The number of aliphatic carboxylic acids is 1. The average molecular weight is 436 g/mol. The van der Waals surface area contributed by atoms with Gasteiger partial charge in [-0.2, -0.15) is 0 Å². The summed E-state index contributed by atoms with van der Waals surface area (Å²) in [7, 11) is 0. The number of benzene rings is 1. The number of carbonyl (C=O) groups excluding carboxylic acids is 2. The van der Waals surface area contributed by atoms with Crippen LogP contribution >= 0.6 is 23.4 Å². The molecule has 0 radical (unpaired) electrons. The van der Waals surface area contributed by atoms with E-state index in [4.69, 9.17) is 16.1 Å². The van der Waals surface area contributed by atoms with Crippen LogP contribution in [0.5, 0.6) is 0 Å². The zero-order valence-corrected chi connectivity index (χ0v) is 17.4. The third kappa shape index (κ3) is 3.00. The Hall–Kier alpha value is -2.52. The van der Waals surface area contributed by atoms with Gasteiger partial charge >= 0.3 is 5.97 Å². The number of carboxylic acid groups (broad SMARTS) is 1. The Labute approximate surface area is 175 Å². The topological polar surface area (TPSA) is 113 Å². The van der Waals surface area contributed by atoms with Gasteiger partial charge in [0.25, 0.3) is 5.91 Å². The van der Waals surface area contributed by atoms with Crippen LogP contribution in [0, 0.1) is 6.92 Å². The molecule has 2 aliphatic rings. The predicted octanol–water partition coefficient (Wildman–Crippen LogP) is 2.55. The van der Waals surface area contributed by atoms with Gasteiger partial charge in [0, 0.05) is 10.3 Å². The molecular formula is C19H18ClN3O5S. The number of thioether (sulfide) groups is 1. The molecule has 3 atom stereocenters. The lowest BCUT2D eigenvalue weighted by atomic mass is 9.95. The molecule has 0 bridgehead atoms. The average Bonchev–Trinajstić information content (AvgIpc) is 3.15. The zero-order valence-electron chi connectivity index (χ0n) is 15.8. The summed E-state index contributed by atoms with van der Waals surface area (Å²) >= 11 is 7.59. The molecule has 3 heterocycles. The van der Waals surface area contributed by atoms with Crippen molar-refractivity contribution in [3.8, 4) is 11.3 Å². The minimum atomic E-state index is -1.06. The monoisotopic (exact) mass is 435 g/mol. The van der Waals surface area contributed by atoms with E-state index < -0.39 is 40.0 Å². The first kappa shape index (κ1) is 19.8. The number of amides is 2. The molecule has 1 aromatic heterocycles. The van der Waals surface area contributed by atoms with Gasteiger partial charge in [-0.3, -0.25) is 9.59 Å². The Kier molecular flexibility index (Phi) is 4.62. The molecule has 0 aliphatic carbocycles. The molecular weight excluding hydrogens is 418 g/mol. The molecule has 152 valence electrons. The van der Waals surface area contributed by atoms with Crippen LogP contribution < -0.4 is 5.32 Å². The number of rotatable bonds is 4. The molecule has 1 aromatic carbocycles. The SMILES string of the molecule is Cc1onc(-c2ccccc2Cl)c1C(=O)NC1C(=O)N2C1SC(C)(C)[C@@H]2C(=O)O. The van der Waals surface area contributed by atoms with E-state index in [1.807, 2.05) is 0 Å². The fourth-order valence-electron chi connectivity index (χ4n) is 3.84. The Bertz CT molecular complexity index is 1040. The fraction of sp³-hybridized carbons (Fsp3) is 0.368.